The first-order valence-corrected chi connectivity index (χ1v) is 7.51. The molecule has 21 heavy (non-hydrogen) atoms. The van der Waals surface area contributed by atoms with Crippen LogP contribution in [0.4, 0.5) is 0 Å². The first kappa shape index (κ1) is 15.3. The highest BCUT2D eigenvalue weighted by Gasteiger charge is 2.13. The van der Waals surface area contributed by atoms with Gasteiger partial charge in [-0.2, -0.15) is 0 Å². The Morgan fingerprint density at radius 3 is 2.81 bits per heavy atom. The summed E-state index contributed by atoms with van der Waals surface area (Å²) in [7, 11) is 1.82. The molecule has 108 valence electrons. The van der Waals surface area contributed by atoms with E-state index in [0.29, 0.717) is 13.1 Å². The van der Waals surface area contributed by atoms with Crippen LogP contribution in [-0.4, -0.2) is 24.4 Å². The summed E-state index contributed by atoms with van der Waals surface area (Å²) >= 11 is 1.52. The molecule has 0 fully saturated rings. The zero-order valence-corrected chi connectivity index (χ0v) is 13.0. The van der Waals surface area contributed by atoms with Crippen LogP contribution in [-0.2, 0) is 6.54 Å². The number of hydrogen-bond donors (Lipinski definition) is 1. The van der Waals surface area contributed by atoms with Gasteiger partial charge < -0.3 is 10.6 Å². The summed E-state index contributed by atoms with van der Waals surface area (Å²) in [5.74, 6) is 5.89. The van der Waals surface area contributed by atoms with Crippen molar-refractivity contribution in [1.82, 2.24) is 4.90 Å². The fourth-order valence-corrected chi connectivity index (χ4v) is 2.85. The number of carbonyl (C=O) groups is 1. The van der Waals surface area contributed by atoms with Crippen LogP contribution in [0.3, 0.4) is 0 Å². The summed E-state index contributed by atoms with van der Waals surface area (Å²) in [4.78, 5) is 16.0. The van der Waals surface area contributed by atoms with Crippen molar-refractivity contribution in [2.75, 3.05) is 13.6 Å². The summed E-state index contributed by atoms with van der Waals surface area (Å²) in [6.07, 6.45) is 0. The van der Waals surface area contributed by atoms with Gasteiger partial charge in [0.1, 0.15) is 0 Å². The molecule has 2 rings (SSSR count). The highest BCUT2D eigenvalue weighted by atomic mass is 32.1. The average molecular weight is 298 g/mol. The minimum Gasteiger partial charge on any atom is -0.337 e. The van der Waals surface area contributed by atoms with Gasteiger partial charge in [0.25, 0.3) is 5.91 Å². The van der Waals surface area contributed by atoms with E-state index in [1.807, 2.05) is 50.4 Å². The lowest BCUT2D eigenvalue weighted by Crippen LogP contribution is -2.25. The molecule has 4 heteroatoms. The number of benzene rings is 1. The average Bonchev–Trinajstić information content (AvgIpc) is 2.91. The van der Waals surface area contributed by atoms with Gasteiger partial charge in [0.15, 0.2) is 0 Å². The molecule has 0 radical (unpaired) electrons. The summed E-state index contributed by atoms with van der Waals surface area (Å²) in [6.45, 7) is 2.91. The topological polar surface area (TPSA) is 46.3 Å². The number of rotatable bonds is 3. The molecule has 1 heterocycles. The SMILES string of the molecule is Cc1ccc(C(=O)N(C)Cc2cccc(C#CCN)c2)s1. The number of thiophene rings is 1. The Kier molecular flexibility index (Phi) is 5.15. The lowest BCUT2D eigenvalue weighted by molar-refractivity contribution is 0.0790. The van der Waals surface area contributed by atoms with Gasteiger partial charge in [-0.3, -0.25) is 4.79 Å². The molecule has 0 saturated carbocycles. The van der Waals surface area contributed by atoms with Crippen LogP contribution in [0, 0.1) is 18.8 Å². The van der Waals surface area contributed by atoms with Gasteiger partial charge in [-0.25, -0.2) is 0 Å². The molecule has 0 aliphatic rings. The van der Waals surface area contributed by atoms with Crippen molar-refractivity contribution in [3.8, 4) is 11.8 Å². The van der Waals surface area contributed by atoms with Gasteiger partial charge >= 0.3 is 0 Å². The summed E-state index contributed by atoms with van der Waals surface area (Å²) in [5.41, 5.74) is 7.36. The van der Waals surface area contributed by atoms with Crippen molar-refractivity contribution in [3.63, 3.8) is 0 Å². The van der Waals surface area contributed by atoms with E-state index in [9.17, 15) is 4.79 Å². The Labute approximate surface area is 129 Å². The molecule has 0 saturated heterocycles. The second-order valence-electron chi connectivity index (χ2n) is 4.78. The summed E-state index contributed by atoms with van der Waals surface area (Å²) in [6, 6.07) is 11.7. The Hall–Kier alpha value is -2.09. The van der Waals surface area contributed by atoms with Crippen LogP contribution in [0.25, 0.3) is 0 Å². The van der Waals surface area contributed by atoms with Crippen LogP contribution in [0.15, 0.2) is 36.4 Å². The van der Waals surface area contributed by atoms with E-state index in [1.165, 1.54) is 11.3 Å². The van der Waals surface area contributed by atoms with Crippen molar-refractivity contribution in [1.29, 1.82) is 0 Å². The molecular formula is C17H18N2OS. The lowest BCUT2D eigenvalue weighted by atomic mass is 10.1. The quantitative estimate of drug-likeness (QED) is 0.886. The van der Waals surface area contributed by atoms with E-state index in [1.54, 1.807) is 4.90 Å². The van der Waals surface area contributed by atoms with E-state index in [2.05, 4.69) is 11.8 Å². The molecule has 1 aromatic heterocycles. The van der Waals surface area contributed by atoms with Gasteiger partial charge in [0.2, 0.25) is 0 Å². The first-order chi connectivity index (χ1) is 10.1. The second-order valence-corrected chi connectivity index (χ2v) is 6.07. The molecule has 0 aliphatic carbocycles. The number of amides is 1. The maximum absolute atomic E-state index is 12.3. The van der Waals surface area contributed by atoms with Crippen molar-refractivity contribution in [2.24, 2.45) is 5.73 Å². The van der Waals surface area contributed by atoms with Crippen LogP contribution in [0.2, 0.25) is 0 Å². The lowest BCUT2D eigenvalue weighted by Gasteiger charge is -2.16. The first-order valence-electron chi connectivity index (χ1n) is 6.70. The highest BCUT2D eigenvalue weighted by Crippen LogP contribution is 2.18. The smallest absolute Gasteiger partial charge is 0.263 e. The third-order valence-corrected chi connectivity index (χ3v) is 3.97. The van der Waals surface area contributed by atoms with Crippen LogP contribution < -0.4 is 5.73 Å². The second kappa shape index (κ2) is 7.07. The molecule has 3 nitrogen and oxygen atoms in total. The number of carbonyl (C=O) groups excluding carboxylic acids is 1. The Balaban J connectivity index is 2.08. The third kappa shape index (κ3) is 4.19. The van der Waals surface area contributed by atoms with Crippen LogP contribution in [0.5, 0.6) is 0 Å². The molecule has 2 N–H and O–H groups in total. The van der Waals surface area contributed by atoms with Gasteiger partial charge in [0.05, 0.1) is 11.4 Å². The molecule has 0 unspecified atom stereocenters. The van der Waals surface area contributed by atoms with Gasteiger partial charge in [-0.15, -0.1) is 11.3 Å². The van der Waals surface area contributed by atoms with Gasteiger partial charge in [-0.05, 0) is 36.8 Å². The highest BCUT2D eigenvalue weighted by molar-refractivity contribution is 7.13. The molecule has 2 aromatic rings. The Bertz CT molecular complexity index is 694. The van der Waals surface area contributed by atoms with Crippen molar-refractivity contribution >= 4 is 17.2 Å². The number of nitrogens with zero attached hydrogens (tertiary/aromatic N) is 1. The Morgan fingerprint density at radius 2 is 2.14 bits per heavy atom. The predicted molar refractivity (Wildman–Crippen MR) is 87.2 cm³/mol. The van der Waals surface area contributed by atoms with Gasteiger partial charge in [0, 0.05) is 24.0 Å². The van der Waals surface area contributed by atoms with Crippen molar-refractivity contribution in [2.45, 2.75) is 13.5 Å². The minimum absolute atomic E-state index is 0.0477. The molecule has 1 aromatic carbocycles. The van der Waals surface area contributed by atoms with E-state index in [0.717, 1.165) is 20.9 Å². The number of hydrogen-bond acceptors (Lipinski definition) is 3. The van der Waals surface area contributed by atoms with E-state index in [4.69, 9.17) is 5.73 Å². The maximum Gasteiger partial charge on any atom is 0.263 e. The monoisotopic (exact) mass is 298 g/mol. The molecular weight excluding hydrogens is 280 g/mol. The maximum atomic E-state index is 12.3. The molecule has 0 atom stereocenters. The molecule has 1 amide bonds. The van der Waals surface area contributed by atoms with E-state index in [-0.39, 0.29) is 5.91 Å². The van der Waals surface area contributed by atoms with Crippen LogP contribution >= 0.6 is 11.3 Å². The zero-order valence-electron chi connectivity index (χ0n) is 12.2. The zero-order chi connectivity index (χ0) is 15.2. The van der Waals surface area contributed by atoms with Crippen molar-refractivity contribution in [3.05, 3.63) is 57.3 Å². The third-order valence-electron chi connectivity index (χ3n) is 2.98. The van der Waals surface area contributed by atoms with Crippen LogP contribution in [0.1, 0.15) is 25.7 Å². The molecule has 0 spiro atoms. The minimum atomic E-state index is 0.0477. The normalized spacial score (nSPS) is 9.86. The largest absolute Gasteiger partial charge is 0.337 e. The summed E-state index contributed by atoms with van der Waals surface area (Å²) < 4.78 is 0. The molecule has 0 aliphatic heterocycles. The number of nitrogens with two attached hydrogens (primary N) is 1. The van der Waals surface area contributed by atoms with E-state index >= 15 is 0 Å². The number of aryl methyl sites for hydroxylation is 1. The predicted octanol–water partition coefficient (Wildman–Crippen LogP) is 2.64. The molecule has 0 bridgehead atoms. The standard InChI is InChI=1S/C17H18N2OS/c1-13-8-9-16(21-13)17(20)19(2)12-15-6-3-5-14(11-15)7-4-10-18/h3,5-6,8-9,11H,10,12,18H2,1-2H3. The van der Waals surface area contributed by atoms with Crippen molar-refractivity contribution < 1.29 is 4.79 Å². The van der Waals surface area contributed by atoms with E-state index < -0.39 is 0 Å². The summed E-state index contributed by atoms with van der Waals surface area (Å²) in [5, 5.41) is 0. The van der Waals surface area contributed by atoms with Gasteiger partial charge in [-0.1, -0.05) is 24.0 Å². The fraction of sp³-hybridized carbons (Fsp3) is 0.235. The fourth-order valence-electron chi connectivity index (χ4n) is 1.98. The Morgan fingerprint density at radius 1 is 1.33 bits per heavy atom.